The maximum Gasteiger partial charge on any atom is 0.242 e. The third-order valence-corrected chi connectivity index (χ3v) is 6.25. The Kier molecular flexibility index (Phi) is 5.86. The van der Waals surface area contributed by atoms with E-state index in [0.29, 0.717) is 5.56 Å². The van der Waals surface area contributed by atoms with Crippen LogP contribution in [0.1, 0.15) is 38.8 Å². The average Bonchev–Trinajstić information content (AvgIpc) is 2.55. The number of hydrogen-bond acceptors (Lipinski definition) is 3. The highest BCUT2D eigenvalue weighted by atomic mass is 32.2. The van der Waals surface area contributed by atoms with Crippen molar-refractivity contribution in [2.75, 3.05) is 5.32 Å². The van der Waals surface area contributed by atoms with Crippen molar-refractivity contribution >= 4 is 21.4 Å². The van der Waals surface area contributed by atoms with Gasteiger partial charge in [0.15, 0.2) is 9.84 Å². The fraction of sp³-hybridized carbons (Fsp3) is 0.350. The third kappa shape index (κ3) is 4.91. The van der Waals surface area contributed by atoms with E-state index < -0.39 is 26.8 Å². The van der Waals surface area contributed by atoms with Crippen LogP contribution in [-0.4, -0.2) is 19.6 Å². The number of benzene rings is 2. The molecule has 140 valence electrons. The number of para-hydroxylation sites is 1. The standard InChI is InChI=1S/C20H24FNO3S/c1-14(19(23)22-18-8-6-5-7-17(18)21)26(24,25)13-15-9-11-16(12-10-15)20(2,3)4/h5-12,14H,13H2,1-4H3,(H,22,23). The first-order valence-corrected chi connectivity index (χ1v) is 10.1. The van der Waals surface area contributed by atoms with E-state index >= 15 is 0 Å². The van der Waals surface area contributed by atoms with E-state index in [9.17, 15) is 17.6 Å². The molecule has 6 heteroatoms. The highest BCUT2D eigenvalue weighted by molar-refractivity contribution is 7.92. The molecule has 0 radical (unpaired) electrons. The Morgan fingerprint density at radius 3 is 2.19 bits per heavy atom. The average molecular weight is 377 g/mol. The number of amides is 1. The summed E-state index contributed by atoms with van der Waals surface area (Å²) >= 11 is 0. The van der Waals surface area contributed by atoms with Crippen LogP contribution in [0.2, 0.25) is 0 Å². The minimum Gasteiger partial charge on any atom is -0.322 e. The second-order valence-electron chi connectivity index (χ2n) is 7.37. The fourth-order valence-corrected chi connectivity index (χ4v) is 3.71. The van der Waals surface area contributed by atoms with Crippen molar-refractivity contribution in [1.82, 2.24) is 0 Å². The van der Waals surface area contributed by atoms with Gasteiger partial charge in [-0.15, -0.1) is 0 Å². The normalized spacial score (nSPS) is 13.3. The van der Waals surface area contributed by atoms with Gasteiger partial charge in [0.05, 0.1) is 11.4 Å². The summed E-state index contributed by atoms with van der Waals surface area (Å²) in [5.74, 6) is -1.60. The molecule has 4 nitrogen and oxygen atoms in total. The Bertz CT molecular complexity index is 884. The van der Waals surface area contributed by atoms with Gasteiger partial charge in [-0.1, -0.05) is 57.2 Å². The van der Waals surface area contributed by atoms with Crippen molar-refractivity contribution < 1.29 is 17.6 Å². The van der Waals surface area contributed by atoms with E-state index in [0.717, 1.165) is 5.56 Å². The van der Waals surface area contributed by atoms with Crippen LogP contribution in [0.25, 0.3) is 0 Å². The number of nitrogens with one attached hydrogen (secondary N) is 1. The Morgan fingerprint density at radius 2 is 1.65 bits per heavy atom. The summed E-state index contributed by atoms with van der Waals surface area (Å²) in [7, 11) is -3.73. The van der Waals surface area contributed by atoms with Crippen molar-refractivity contribution in [2.24, 2.45) is 0 Å². The van der Waals surface area contributed by atoms with Gasteiger partial charge in [-0.2, -0.15) is 0 Å². The van der Waals surface area contributed by atoms with Gasteiger partial charge in [-0.05, 0) is 35.6 Å². The predicted octanol–water partition coefficient (Wildman–Crippen LogP) is 4.07. The molecule has 0 aliphatic heterocycles. The molecule has 1 N–H and O–H groups in total. The van der Waals surface area contributed by atoms with E-state index in [1.54, 1.807) is 18.2 Å². The SMILES string of the molecule is CC(C(=O)Nc1ccccc1F)S(=O)(=O)Cc1ccc(C(C)(C)C)cc1. The van der Waals surface area contributed by atoms with Gasteiger partial charge in [0.1, 0.15) is 11.1 Å². The summed E-state index contributed by atoms with van der Waals surface area (Å²) in [6.45, 7) is 7.55. The fourth-order valence-electron chi connectivity index (χ4n) is 2.42. The van der Waals surface area contributed by atoms with Crippen LogP contribution in [0.4, 0.5) is 10.1 Å². The minimum absolute atomic E-state index is 0.0235. The number of sulfone groups is 1. The van der Waals surface area contributed by atoms with Crippen LogP contribution >= 0.6 is 0 Å². The van der Waals surface area contributed by atoms with Gasteiger partial charge in [-0.3, -0.25) is 4.79 Å². The third-order valence-electron chi connectivity index (χ3n) is 4.23. The monoisotopic (exact) mass is 377 g/mol. The molecule has 0 aliphatic carbocycles. The minimum atomic E-state index is -3.73. The Hall–Kier alpha value is -2.21. The predicted molar refractivity (Wildman–Crippen MR) is 102 cm³/mol. The Labute approximate surface area is 154 Å². The van der Waals surface area contributed by atoms with Crippen LogP contribution in [-0.2, 0) is 25.8 Å². The number of carbonyl (C=O) groups is 1. The zero-order valence-electron chi connectivity index (χ0n) is 15.4. The van der Waals surface area contributed by atoms with E-state index in [1.165, 1.54) is 25.1 Å². The number of halogens is 1. The zero-order chi connectivity index (χ0) is 19.5. The second-order valence-corrected chi connectivity index (χ2v) is 9.69. The lowest BCUT2D eigenvalue weighted by atomic mass is 9.87. The highest BCUT2D eigenvalue weighted by Gasteiger charge is 2.29. The van der Waals surface area contributed by atoms with Crippen molar-refractivity contribution in [3.63, 3.8) is 0 Å². The van der Waals surface area contributed by atoms with Crippen LogP contribution in [0.5, 0.6) is 0 Å². The van der Waals surface area contributed by atoms with Crippen LogP contribution in [0.15, 0.2) is 48.5 Å². The van der Waals surface area contributed by atoms with E-state index in [2.05, 4.69) is 26.1 Å². The zero-order valence-corrected chi connectivity index (χ0v) is 16.2. The lowest BCUT2D eigenvalue weighted by molar-refractivity contribution is -0.115. The molecule has 2 rings (SSSR count). The molecule has 1 amide bonds. The number of anilines is 1. The van der Waals surface area contributed by atoms with Gasteiger partial charge in [0, 0.05) is 0 Å². The van der Waals surface area contributed by atoms with Crippen LogP contribution in [0, 0.1) is 5.82 Å². The molecular weight excluding hydrogens is 353 g/mol. The van der Waals surface area contributed by atoms with E-state index in [4.69, 9.17) is 0 Å². The molecule has 0 aliphatic rings. The quantitative estimate of drug-likeness (QED) is 0.854. The smallest absolute Gasteiger partial charge is 0.242 e. The topological polar surface area (TPSA) is 63.2 Å². The van der Waals surface area contributed by atoms with Crippen molar-refractivity contribution in [3.05, 3.63) is 65.5 Å². The van der Waals surface area contributed by atoms with Crippen molar-refractivity contribution in [1.29, 1.82) is 0 Å². The molecule has 0 aromatic heterocycles. The molecule has 0 heterocycles. The summed E-state index contributed by atoms with van der Waals surface area (Å²) < 4.78 is 38.7. The van der Waals surface area contributed by atoms with Gasteiger partial charge in [-0.25, -0.2) is 12.8 Å². The molecule has 2 aromatic carbocycles. The number of carbonyl (C=O) groups excluding carboxylic acids is 1. The Morgan fingerprint density at radius 1 is 1.08 bits per heavy atom. The summed E-state index contributed by atoms with van der Waals surface area (Å²) in [4.78, 5) is 12.2. The molecular formula is C20H24FNO3S. The summed E-state index contributed by atoms with van der Waals surface area (Å²) in [6, 6.07) is 13.0. The number of rotatable bonds is 5. The van der Waals surface area contributed by atoms with Crippen molar-refractivity contribution in [3.8, 4) is 0 Å². The van der Waals surface area contributed by atoms with Crippen LogP contribution in [0.3, 0.4) is 0 Å². The molecule has 0 fully saturated rings. The van der Waals surface area contributed by atoms with Gasteiger partial charge < -0.3 is 5.32 Å². The van der Waals surface area contributed by atoms with E-state index in [1.807, 2.05) is 12.1 Å². The Balaban J connectivity index is 2.11. The highest BCUT2D eigenvalue weighted by Crippen LogP contribution is 2.23. The molecule has 1 atom stereocenters. The summed E-state index contributed by atoms with van der Waals surface area (Å²) in [5.41, 5.74) is 1.66. The maximum atomic E-state index is 13.6. The van der Waals surface area contributed by atoms with Gasteiger partial charge >= 0.3 is 0 Å². The molecule has 1 unspecified atom stereocenters. The first-order valence-electron chi connectivity index (χ1n) is 8.37. The largest absolute Gasteiger partial charge is 0.322 e. The van der Waals surface area contributed by atoms with Crippen molar-refractivity contribution in [2.45, 2.75) is 44.1 Å². The number of hydrogen-bond donors (Lipinski definition) is 1. The van der Waals surface area contributed by atoms with E-state index in [-0.39, 0.29) is 16.9 Å². The van der Waals surface area contributed by atoms with Gasteiger partial charge in [0.2, 0.25) is 5.91 Å². The maximum absolute atomic E-state index is 13.6. The lowest BCUT2D eigenvalue weighted by Crippen LogP contribution is -2.33. The van der Waals surface area contributed by atoms with Crippen LogP contribution < -0.4 is 5.32 Å². The second kappa shape index (κ2) is 7.58. The summed E-state index contributed by atoms with van der Waals surface area (Å²) in [6.07, 6.45) is 0. The molecule has 2 aromatic rings. The molecule has 26 heavy (non-hydrogen) atoms. The molecule has 0 spiro atoms. The lowest BCUT2D eigenvalue weighted by Gasteiger charge is -2.19. The molecule has 0 saturated carbocycles. The summed E-state index contributed by atoms with van der Waals surface area (Å²) in [5, 5.41) is 1.05. The first kappa shape index (κ1) is 20.1. The first-order chi connectivity index (χ1) is 12.0. The molecule has 0 bridgehead atoms. The molecule has 0 saturated heterocycles. The van der Waals surface area contributed by atoms with Gasteiger partial charge in [0.25, 0.3) is 0 Å².